The Labute approximate surface area is 116 Å². The molecule has 0 aromatic rings. The van der Waals surface area contributed by atoms with Gasteiger partial charge in [-0.15, -0.1) is 0 Å². The molecule has 110 valence electrons. The highest BCUT2D eigenvalue weighted by Crippen LogP contribution is 2.20. The molecule has 0 bridgehead atoms. The summed E-state index contributed by atoms with van der Waals surface area (Å²) in [7, 11) is 0. The average molecular weight is 255 g/mol. The molecule has 1 N–H and O–H groups in total. The van der Waals surface area contributed by atoms with Gasteiger partial charge in [-0.05, 0) is 25.4 Å². The van der Waals surface area contributed by atoms with Crippen LogP contribution in [0, 0.1) is 5.92 Å². The summed E-state index contributed by atoms with van der Waals surface area (Å²) < 4.78 is 0. The van der Waals surface area contributed by atoms with Gasteiger partial charge in [-0.2, -0.15) is 0 Å². The first kappa shape index (κ1) is 18.0. The molecule has 0 saturated carbocycles. The summed E-state index contributed by atoms with van der Waals surface area (Å²) in [5.74, 6) is 0.984. The summed E-state index contributed by atoms with van der Waals surface area (Å²) in [6, 6.07) is 0. The van der Waals surface area contributed by atoms with E-state index in [9.17, 15) is 0 Å². The molecule has 0 aromatic carbocycles. The smallest absolute Gasteiger partial charge is 0.00464 e. The van der Waals surface area contributed by atoms with E-state index in [4.69, 9.17) is 0 Å². The molecule has 0 heterocycles. The summed E-state index contributed by atoms with van der Waals surface area (Å²) in [5.41, 5.74) is 0. The number of nitrogens with one attached hydrogen (secondary N) is 1. The van der Waals surface area contributed by atoms with Gasteiger partial charge >= 0.3 is 0 Å². The van der Waals surface area contributed by atoms with Crippen LogP contribution in [0.2, 0.25) is 0 Å². The molecule has 0 amide bonds. The lowest BCUT2D eigenvalue weighted by molar-refractivity contribution is 0.377. The standard InChI is InChI=1S/C17H37N/c1-4-7-9-10-12-14-17(13-11-8-5-2)15-16-18-6-3/h17-18H,4-16H2,1-3H3. The van der Waals surface area contributed by atoms with Crippen molar-refractivity contribution in [3.8, 4) is 0 Å². The molecular formula is C17H37N. The van der Waals surface area contributed by atoms with E-state index < -0.39 is 0 Å². The van der Waals surface area contributed by atoms with Crippen LogP contribution in [0.15, 0.2) is 0 Å². The minimum Gasteiger partial charge on any atom is -0.317 e. The topological polar surface area (TPSA) is 12.0 Å². The third-order valence-electron chi connectivity index (χ3n) is 3.91. The fourth-order valence-electron chi connectivity index (χ4n) is 2.64. The SMILES string of the molecule is CCCCCCCC(CCCCC)CCNCC. The molecule has 18 heavy (non-hydrogen) atoms. The van der Waals surface area contributed by atoms with Crippen LogP contribution in [0.25, 0.3) is 0 Å². The van der Waals surface area contributed by atoms with Crippen molar-refractivity contribution in [2.75, 3.05) is 13.1 Å². The molecule has 1 nitrogen and oxygen atoms in total. The van der Waals surface area contributed by atoms with E-state index in [-0.39, 0.29) is 0 Å². The maximum atomic E-state index is 3.48. The minimum atomic E-state index is 0.984. The van der Waals surface area contributed by atoms with Crippen molar-refractivity contribution in [3.63, 3.8) is 0 Å². The van der Waals surface area contributed by atoms with Gasteiger partial charge in [0.2, 0.25) is 0 Å². The molecule has 0 aliphatic carbocycles. The van der Waals surface area contributed by atoms with E-state index in [0.29, 0.717) is 0 Å². The third-order valence-corrected chi connectivity index (χ3v) is 3.91. The van der Waals surface area contributed by atoms with Gasteiger partial charge in [-0.3, -0.25) is 0 Å². The van der Waals surface area contributed by atoms with Gasteiger partial charge < -0.3 is 5.32 Å². The predicted molar refractivity (Wildman–Crippen MR) is 84.2 cm³/mol. The second-order valence-electron chi connectivity index (χ2n) is 5.71. The second-order valence-corrected chi connectivity index (χ2v) is 5.71. The quantitative estimate of drug-likeness (QED) is 0.402. The molecule has 0 fully saturated rings. The fraction of sp³-hybridized carbons (Fsp3) is 1.00. The van der Waals surface area contributed by atoms with Crippen LogP contribution in [0.3, 0.4) is 0 Å². The summed E-state index contributed by atoms with van der Waals surface area (Å²) >= 11 is 0. The van der Waals surface area contributed by atoms with E-state index in [2.05, 4.69) is 26.1 Å². The van der Waals surface area contributed by atoms with Crippen molar-refractivity contribution in [1.29, 1.82) is 0 Å². The first-order chi connectivity index (χ1) is 8.85. The molecule has 0 saturated heterocycles. The van der Waals surface area contributed by atoms with Gasteiger partial charge in [0.05, 0.1) is 0 Å². The maximum absolute atomic E-state index is 3.48. The Bertz CT molecular complexity index is 135. The number of hydrogen-bond donors (Lipinski definition) is 1. The molecule has 0 aromatic heterocycles. The lowest BCUT2D eigenvalue weighted by Gasteiger charge is -2.17. The van der Waals surface area contributed by atoms with Crippen LogP contribution >= 0.6 is 0 Å². The molecule has 0 rings (SSSR count). The van der Waals surface area contributed by atoms with Gasteiger partial charge in [0, 0.05) is 0 Å². The summed E-state index contributed by atoms with van der Waals surface area (Å²) in [5, 5.41) is 3.48. The molecule has 0 aliphatic rings. The first-order valence-corrected chi connectivity index (χ1v) is 8.55. The van der Waals surface area contributed by atoms with Crippen molar-refractivity contribution in [2.24, 2.45) is 5.92 Å². The van der Waals surface area contributed by atoms with E-state index in [1.165, 1.54) is 77.2 Å². The van der Waals surface area contributed by atoms with Crippen LogP contribution in [0.4, 0.5) is 0 Å². The second kappa shape index (κ2) is 15.0. The Balaban J connectivity index is 3.60. The Kier molecular flexibility index (Phi) is 15.0. The summed E-state index contributed by atoms with van der Waals surface area (Å²) in [4.78, 5) is 0. The Morgan fingerprint density at radius 1 is 0.667 bits per heavy atom. The van der Waals surface area contributed by atoms with Crippen LogP contribution in [-0.2, 0) is 0 Å². The number of unbranched alkanes of at least 4 members (excludes halogenated alkanes) is 6. The van der Waals surface area contributed by atoms with Crippen molar-refractivity contribution in [2.45, 2.75) is 91.4 Å². The Hall–Kier alpha value is -0.0400. The van der Waals surface area contributed by atoms with Crippen LogP contribution < -0.4 is 5.32 Å². The zero-order chi connectivity index (χ0) is 13.5. The van der Waals surface area contributed by atoms with Crippen molar-refractivity contribution < 1.29 is 0 Å². The highest BCUT2D eigenvalue weighted by Gasteiger charge is 2.07. The van der Waals surface area contributed by atoms with Crippen LogP contribution in [0.5, 0.6) is 0 Å². The highest BCUT2D eigenvalue weighted by molar-refractivity contribution is 4.62. The van der Waals surface area contributed by atoms with Gasteiger partial charge in [-0.1, -0.05) is 85.0 Å². The minimum absolute atomic E-state index is 0.984. The monoisotopic (exact) mass is 255 g/mol. The largest absolute Gasteiger partial charge is 0.317 e. The highest BCUT2D eigenvalue weighted by atomic mass is 14.8. The molecule has 0 radical (unpaired) electrons. The van der Waals surface area contributed by atoms with Crippen LogP contribution in [0.1, 0.15) is 91.4 Å². The Morgan fingerprint density at radius 3 is 1.83 bits per heavy atom. The Morgan fingerprint density at radius 2 is 1.22 bits per heavy atom. The van der Waals surface area contributed by atoms with E-state index in [1.807, 2.05) is 0 Å². The van der Waals surface area contributed by atoms with Gasteiger partial charge in [-0.25, -0.2) is 0 Å². The molecule has 0 spiro atoms. The average Bonchev–Trinajstić information content (AvgIpc) is 2.38. The number of hydrogen-bond acceptors (Lipinski definition) is 1. The van der Waals surface area contributed by atoms with E-state index >= 15 is 0 Å². The van der Waals surface area contributed by atoms with Gasteiger partial charge in [0.15, 0.2) is 0 Å². The lowest BCUT2D eigenvalue weighted by Crippen LogP contribution is -2.17. The van der Waals surface area contributed by atoms with Crippen molar-refractivity contribution in [1.82, 2.24) is 5.32 Å². The normalized spacial score (nSPS) is 12.8. The third kappa shape index (κ3) is 12.4. The molecule has 1 heteroatoms. The van der Waals surface area contributed by atoms with Crippen LogP contribution in [-0.4, -0.2) is 13.1 Å². The predicted octanol–water partition coefficient (Wildman–Crippen LogP) is 5.54. The zero-order valence-corrected chi connectivity index (χ0v) is 13.3. The maximum Gasteiger partial charge on any atom is -0.00464 e. The van der Waals surface area contributed by atoms with Crippen molar-refractivity contribution >= 4 is 0 Å². The van der Waals surface area contributed by atoms with E-state index in [0.717, 1.165) is 12.5 Å². The summed E-state index contributed by atoms with van der Waals surface area (Å²) in [6.45, 7) is 9.15. The molecule has 1 atom stereocenters. The number of rotatable bonds is 14. The van der Waals surface area contributed by atoms with E-state index in [1.54, 1.807) is 0 Å². The van der Waals surface area contributed by atoms with Gasteiger partial charge in [0.1, 0.15) is 0 Å². The zero-order valence-electron chi connectivity index (χ0n) is 13.3. The first-order valence-electron chi connectivity index (χ1n) is 8.55. The lowest BCUT2D eigenvalue weighted by atomic mass is 9.92. The van der Waals surface area contributed by atoms with Crippen molar-refractivity contribution in [3.05, 3.63) is 0 Å². The molecule has 0 aliphatic heterocycles. The summed E-state index contributed by atoms with van der Waals surface area (Å²) in [6.07, 6.45) is 15.7. The van der Waals surface area contributed by atoms with Gasteiger partial charge in [0.25, 0.3) is 0 Å². The fourth-order valence-corrected chi connectivity index (χ4v) is 2.64. The molecular weight excluding hydrogens is 218 g/mol. The molecule has 1 unspecified atom stereocenters.